The van der Waals surface area contributed by atoms with Gasteiger partial charge in [0.05, 0.1) is 12.0 Å². The van der Waals surface area contributed by atoms with Gasteiger partial charge >= 0.3 is 0 Å². The van der Waals surface area contributed by atoms with Crippen molar-refractivity contribution in [2.24, 2.45) is 17.4 Å². The highest BCUT2D eigenvalue weighted by molar-refractivity contribution is 5.93. The van der Waals surface area contributed by atoms with Gasteiger partial charge in [0.25, 0.3) is 0 Å². The van der Waals surface area contributed by atoms with Crippen molar-refractivity contribution in [2.75, 3.05) is 11.9 Å². The molecule has 1 saturated heterocycles. The number of anilines is 1. The molecule has 148 valence electrons. The van der Waals surface area contributed by atoms with Gasteiger partial charge in [0.1, 0.15) is 0 Å². The Labute approximate surface area is 165 Å². The number of carbonyl (C=O) groups is 2. The lowest BCUT2D eigenvalue weighted by atomic mass is 9.94. The highest BCUT2D eigenvalue weighted by Crippen LogP contribution is 2.23. The predicted octanol–water partition coefficient (Wildman–Crippen LogP) is 2.41. The number of hydrogen-bond donors (Lipinski definition) is 3. The van der Waals surface area contributed by atoms with Crippen LogP contribution in [0.5, 0.6) is 0 Å². The molecule has 5 N–H and O–H groups in total. The van der Waals surface area contributed by atoms with Crippen LogP contribution in [0.1, 0.15) is 36.9 Å². The number of amides is 2. The van der Waals surface area contributed by atoms with Crippen LogP contribution in [0.4, 0.5) is 5.69 Å². The average molecular weight is 380 g/mol. The lowest BCUT2D eigenvalue weighted by molar-refractivity contribution is -0.122. The monoisotopic (exact) mass is 380 g/mol. The molecule has 1 aliphatic heterocycles. The zero-order valence-corrected chi connectivity index (χ0v) is 16.2. The van der Waals surface area contributed by atoms with E-state index in [0.29, 0.717) is 6.54 Å². The molecule has 0 aromatic heterocycles. The van der Waals surface area contributed by atoms with Crippen LogP contribution in [0, 0.1) is 5.92 Å². The molecular formula is C22H28N4O2. The fraction of sp³-hybridized carbons (Fsp3) is 0.364. The van der Waals surface area contributed by atoms with E-state index in [4.69, 9.17) is 11.5 Å². The SMILES string of the molecule is CC(C(=O)Nc1cccc(CN2CCCC2C(N)=O)c1)C(N)c1ccccc1. The number of benzene rings is 2. The lowest BCUT2D eigenvalue weighted by Crippen LogP contribution is -2.39. The van der Waals surface area contributed by atoms with E-state index in [0.717, 1.165) is 36.2 Å². The van der Waals surface area contributed by atoms with Crippen LogP contribution < -0.4 is 16.8 Å². The minimum atomic E-state index is -0.371. The minimum Gasteiger partial charge on any atom is -0.368 e. The summed E-state index contributed by atoms with van der Waals surface area (Å²) >= 11 is 0. The summed E-state index contributed by atoms with van der Waals surface area (Å²) in [6.07, 6.45) is 1.78. The van der Waals surface area contributed by atoms with E-state index in [1.54, 1.807) is 0 Å². The Morgan fingerprint density at radius 3 is 2.64 bits per heavy atom. The molecule has 28 heavy (non-hydrogen) atoms. The third kappa shape index (κ3) is 4.77. The molecule has 0 bridgehead atoms. The van der Waals surface area contributed by atoms with Crippen molar-refractivity contribution in [3.05, 3.63) is 65.7 Å². The number of primary amides is 1. The molecule has 0 spiro atoms. The molecule has 2 amide bonds. The first-order valence-electron chi connectivity index (χ1n) is 9.69. The predicted molar refractivity (Wildman–Crippen MR) is 110 cm³/mol. The Morgan fingerprint density at radius 2 is 1.93 bits per heavy atom. The van der Waals surface area contributed by atoms with Crippen LogP contribution in [0.15, 0.2) is 54.6 Å². The van der Waals surface area contributed by atoms with Gasteiger partial charge in [-0.2, -0.15) is 0 Å². The summed E-state index contributed by atoms with van der Waals surface area (Å²) in [5.74, 6) is -0.765. The van der Waals surface area contributed by atoms with Crippen molar-refractivity contribution < 1.29 is 9.59 Å². The zero-order valence-electron chi connectivity index (χ0n) is 16.2. The number of carbonyl (C=O) groups excluding carboxylic acids is 2. The van der Waals surface area contributed by atoms with E-state index in [-0.39, 0.29) is 29.8 Å². The second-order valence-electron chi connectivity index (χ2n) is 7.45. The van der Waals surface area contributed by atoms with Crippen molar-refractivity contribution in [1.82, 2.24) is 4.90 Å². The fourth-order valence-electron chi connectivity index (χ4n) is 3.70. The van der Waals surface area contributed by atoms with E-state index in [2.05, 4.69) is 10.2 Å². The van der Waals surface area contributed by atoms with Gasteiger partial charge in [0.15, 0.2) is 0 Å². The summed E-state index contributed by atoms with van der Waals surface area (Å²) in [5, 5.41) is 2.96. The molecule has 2 aromatic rings. The van der Waals surface area contributed by atoms with Crippen LogP contribution in [0.3, 0.4) is 0 Å². The quantitative estimate of drug-likeness (QED) is 0.686. The Hall–Kier alpha value is -2.70. The van der Waals surface area contributed by atoms with Gasteiger partial charge in [0.2, 0.25) is 11.8 Å². The van der Waals surface area contributed by atoms with Gasteiger partial charge in [-0.25, -0.2) is 0 Å². The molecule has 0 radical (unpaired) electrons. The lowest BCUT2D eigenvalue weighted by Gasteiger charge is -2.22. The molecule has 3 rings (SSSR count). The largest absolute Gasteiger partial charge is 0.368 e. The number of nitrogens with one attached hydrogen (secondary N) is 1. The molecule has 1 aliphatic rings. The van der Waals surface area contributed by atoms with Crippen LogP contribution >= 0.6 is 0 Å². The Morgan fingerprint density at radius 1 is 1.18 bits per heavy atom. The van der Waals surface area contributed by atoms with Gasteiger partial charge in [0, 0.05) is 18.3 Å². The van der Waals surface area contributed by atoms with E-state index >= 15 is 0 Å². The van der Waals surface area contributed by atoms with Gasteiger partial charge < -0.3 is 16.8 Å². The summed E-state index contributed by atoms with van der Waals surface area (Å²) in [5.41, 5.74) is 14.5. The number of rotatable bonds is 7. The van der Waals surface area contributed by atoms with Crippen molar-refractivity contribution in [3.8, 4) is 0 Å². The smallest absolute Gasteiger partial charge is 0.234 e. The van der Waals surface area contributed by atoms with Crippen LogP contribution in [-0.2, 0) is 16.1 Å². The van der Waals surface area contributed by atoms with Crippen molar-refractivity contribution in [3.63, 3.8) is 0 Å². The van der Waals surface area contributed by atoms with Crippen LogP contribution in [0.2, 0.25) is 0 Å². The molecule has 1 fully saturated rings. The first-order valence-corrected chi connectivity index (χ1v) is 9.69. The molecular weight excluding hydrogens is 352 g/mol. The highest BCUT2D eigenvalue weighted by atomic mass is 16.2. The Balaban J connectivity index is 1.64. The van der Waals surface area contributed by atoms with Crippen LogP contribution in [-0.4, -0.2) is 29.3 Å². The van der Waals surface area contributed by atoms with E-state index in [1.807, 2.05) is 61.5 Å². The maximum Gasteiger partial charge on any atom is 0.234 e. The number of hydrogen-bond acceptors (Lipinski definition) is 4. The third-order valence-electron chi connectivity index (χ3n) is 5.41. The second kappa shape index (κ2) is 8.99. The standard InChI is InChI=1S/C22H28N4O2/c1-15(20(23)17-8-3-2-4-9-17)22(28)25-18-10-5-7-16(13-18)14-26-12-6-11-19(26)21(24)27/h2-5,7-10,13,15,19-20H,6,11-12,14,23H2,1H3,(H2,24,27)(H,25,28). The van der Waals surface area contributed by atoms with Gasteiger partial charge in [-0.1, -0.05) is 49.4 Å². The van der Waals surface area contributed by atoms with Gasteiger partial charge in [-0.3, -0.25) is 14.5 Å². The second-order valence-corrected chi connectivity index (χ2v) is 7.45. The first kappa shape index (κ1) is 20.0. The number of nitrogens with two attached hydrogens (primary N) is 2. The molecule has 3 unspecified atom stereocenters. The third-order valence-corrected chi connectivity index (χ3v) is 5.41. The van der Waals surface area contributed by atoms with E-state index in [9.17, 15) is 9.59 Å². The first-order chi connectivity index (χ1) is 13.5. The van der Waals surface area contributed by atoms with E-state index in [1.165, 1.54) is 0 Å². The molecule has 2 aromatic carbocycles. The number of likely N-dealkylation sites (tertiary alicyclic amines) is 1. The van der Waals surface area contributed by atoms with Crippen LogP contribution in [0.25, 0.3) is 0 Å². The van der Waals surface area contributed by atoms with Crippen molar-refractivity contribution in [1.29, 1.82) is 0 Å². The molecule has 0 aliphatic carbocycles. The maximum atomic E-state index is 12.7. The summed E-state index contributed by atoms with van der Waals surface area (Å²) in [6.45, 7) is 3.32. The van der Waals surface area contributed by atoms with Crippen molar-refractivity contribution >= 4 is 17.5 Å². The molecule has 3 atom stereocenters. The molecule has 1 heterocycles. The topological polar surface area (TPSA) is 101 Å². The summed E-state index contributed by atoms with van der Waals surface area (Å²) in [6, 6.07) is 16.7. The highest BCUT2D eigenvalue weighted by Gasteiger charge is 2.29. The fourth-order valence-corrected chi connectivity index (χ4v) is 3.70. The van der Waals surface area contributed by atoms with Gasteiger partial charge in [-0.15, -0.1) is 0 Å². The normalized spacial score (nSPS) is 19.1. The molecule has 6 heteroatoms. The average Bonchev–Trinajstić information content (AvgIpc) is 3.16. The molecule has 0 saturated carbocycles. The zero-order chi connectivity index (χ0) is 20.1. The summed E-state index contributed by atoms with van der Waals surface area (Å²) in [7, 11) is 0. The maximum absolute atomic E-state index is 12.7. The number of nitrogens with zero attached hydrogens (tertiary/aromatic N) is 1. The summed E-state index contributed by atoms with van der Waals surface area (Å²) < 4.78 is 0. The molecule has 6 nitrogen and oxygen atoms in total. The summed E-state index contributed by atoms with van der Waals surface area (Å²) in [4.78, 5) is 26.3. The Kier molecular flexibility index (Phi) is 6.44. The minimum absolute atomic E-state index is 0.121. The Bertz CT molecular complexity index is 824. The van der Waals surface area contributed by atoms with Crippen molar-refractivity contribution in [2.45, 2.75) is 38.4 Å². The van der Waals surface area contributed by atoms with Gasteiger partial charge in [-0.05, 0) is 42.6 Å². The van der Waals surface area contributed by atoms with E-state index < -0.39 is 0 Å².